The molecule has 0 radical (unpaired) electrons. The van der Waals surface area contributed by atoms with Crippen molar-refractivity contribution < 1.29 is 29.6 Å². The lowest BCUT2D eigenvalue weighted by Crippen LogP contribution is -2.59. The van der Waals surface area contributed by atoms with Crippen LogP contribution in [-0.2, 0) is 4.74 Å². The van der Waals surface area contributed by atoms with Crippen LogP contribution >= 0.6 is 0 Å². The average Bonchev–Trinajstić information content (AvgIpc) is 2.67. The van der Waals surface area contributed by atoms with E-state index in [4.69, 9.17) is 4.74 Å². The molecule has 168 valence electrons. The summed E-state index contributed by atoms with van der Waals surface area (Å²) in [6.45, 7) is 3.79. The molecule has 1 rings (SSSR count). The van der Waals surface area contributed by atoms with Gasteiger partial charge in [0.05, 0.1) is 39.9 Å². The highest BCUT2D eigenvalue weighted by molar-refractivity contribution is 4.91. The van der Waals surface area contributed by atoms with Crippen LogP contribution in [0.3, 0.4) is 0 Å². The fourth-order valence-electron chi connectivity index (χ4n) is 4.03. The van der Waals surface area contributed by atoms with Crippen molar-refractivity contribution in [1.82, 2.24) is 0 Å². The Bertz CT molecular complexity index is 391. The molecule has 28 heavy (non-hydrogen) atoms. The van der Waals surface area contributed by atoms with Gasteiger partial charge in [-0.3, -0.25) is 0 Å². The van der Waals surface area contributed by atoms with E-state index in [2.05, 4.69) is 21.0 Å². The zero-order valence-electron chi connectivity index (χ0n) is 18.4. The third-order valence-corrected chi connectivity index (χ3v) is 6.13. The molecular formula is C22H46NO5+. The van der Waals surface area contributed by atoms with E-state index < -0.39 is 30.5 Å². The van der Waals surface area contributed by atoms with Crippen molar-refractivity contribution in [1.29, 1.82) is 0 Å². The lowest BCUT2D eigenvalue weighted by molar-refractivity contribution is -0.891. The van der Waals surface area contributed by atoms with Crippen molar-refractivity contribution in [3.63, 3.8) is 0 Å². The molecule has 0 aliphatic carbocycles. The molecule has 1 aliphatic rings. The van der Waals surface area contributed by atoms with Gasteiger partial charge < -0.3 is 29.6 Å². The Morgan fingerprint density at radius 3 is 1.71 bits per heavy atom. The molecule has 0 aromatic rings. The Labute approximate surface area is 172 Å². The van der Waals surface area contributed by atoms with E-state index >= 15 is 0 Å². The molecule has 1 fully saturated rings. The molecule has 1 aliphatic heterocycles. The first-order valence-electron chi connectivity index (χ1n) is 11.4. The summed E-state index contributed by atoms with van der Waals surface area (Å²) in [7, 11) is 4.36. The SMILES string of the molecule is CCCCCCCCCCCC[N+](C)(C)CC[C@@H]1O[C@H](CO)[C@@H](O)[C@H](O)[C@H]1O. The normalized spacial score (nSPS) is 28.6. The Kier molecular flexibility index (Phi) is 12.8. The Morgan fingerprint density at radius 2 is 1.18 bits per heavy atom. The van der Waals surface area contributed by atoms with E-state index in [1.807, 2.05) is 0 Å². The molecule has 0 bridgehead atoms. The highest BCUT2D eigenvalue weighted by atomic mass is 16.5. The number of ether oxygens (including phenoxy) is 1. The van der Waals surface area contributed by atoms with Gasteiger partial charge in [0.2, 0.25) is 0 Å². The maximum absolute atomic E-state index is 10.2. The summed E-state index contributed by atoms with van der Waals surface area (Å²) in [6, 6.07) is 0. The van der Waals surface area contributed by atoms with Crippen LogP contribution in [0.4, 0.5) is 0 Å². The van der Waals surface area contributed by atoms with Crippen LogP contribution in [0.15, 0.2) is 0 Å². The van der Waals surface area contributed by atoms with Crippen molar-refractivity contribution in [3.8, 4) is 0 Å². The summed E-state index contributed by atoms with van der Waals surface area (Å²) in [5, 5.41) is 39.2. The Morgan fingerprint density at radius 1 is 0.679 bits per heavy atom. The van der Waals surface area contributed by atoms with Crippen LogP contribution in [0.5, 0.6) is 0 Å². The Hall–Kier alpha value is -0.240. The lowest BCUT2D eigenvalue weighted by Gasteiger charge is -2.41. The minimum absolute atomic E-state index is 0.363. The van der Waals surface area contributed by atoms with E-state index in [1.165, 1.54) is 64.2 Å². The largest absolute Gasteiger partial charge is 0.394 e. The number of unbranched alkanes of at least 4 members (excludes halogenated alkanes) is 9. The predicted molar refractivity (Wildman–Crippen MR) is 112 cm³/mol. The van der Waals surface area contributed by atoms with Crippen LogP contribution in [0.2, 0.25) is 0 Å². The highest BCUT2D eigenvalue weighted by Gasteiger charge is 2.43. The van der Waals surface area contributed by atoms with Crippen LogP contribution in [-0.4, -0.2) is 89.2 Å². The third kappa shape index (κ3) is 9.51. The summed E-state index contributed by atoms with van der Waals surface area (Å²) in [5.41, 5.74) is 0. The second-order valence-electron chi connectivity index (χ2n) is 9.22. The van der Waals surface area contributed by atoms with Crippen LogP contribution in [0.25, 0.3) is 0 Å². The fraction of sp³-hybridized carbons (Fsp3) is 1.00. The van der Waals surface area contributed by atoms with E-state index in [9.17, 15) is 20.4 Å². The monoisotopic (exact) mass is 404 g/mol. The van der Waals surface area contributed by atoms with Gasteiger partial charge >= 0.3 is 0 Å². The Balaban J connectivity index is 2.16. The molecule has 0 aromatic carbocycles. The summed E-state index contributed by atoms with van der Waals surface area (Å²) in [4.78, 5) is 0. The van der Waals surface area contributed by atoms with Gasteiger partial charge in [0.1, 0.15) is 24.4 Å². The molecule has 0 amide bonds. The smallest absolute Gasteiger partial charge is 0.111 e. The van der Waals surface area contributed by atoms with E-state index in [0.717, 1.165) is 17.6 Å². The van der Waals surface area contributed by atoms with Gasteiger partial charge in [-0.15, -0.1) is 0 Å². The summed E-state index contributed by atoms with van der Waals surface area (Å²) in [6.07, 6.45) is 8.86. The van der Waals surface area contributed by atoms with E-state index in [1.54, 1.807) is 0 Å². The highest BCUT2D eigenvalue weighted by Crippen LogP contribution is 2.24. The predicted octanol–water partition coefficient (Wildman–Crippen LogP) is 2.22. The quantitative estimate of drug-likeness (QED) is 0.248. The molecule has 1 heterocycles. The first-order valence-corrected chi connectivity index (χ1v) is 11.4. The first-order chi connectivity index (χ1) is 13.3. The maximum Gasteiger partial charge on any atom is 0.111 e. The zero-order valence-corrected chi connectivity index (χ0v) is 18.4. The first kappa shape index (κ1) is 25.8. The number of hydrogen-bond donors (Lipinski definition) is 4. The third-order valence-electron chi connectivity index (χ3n) is 6.13. The number of nitrogens with zero attached hydrogens (tertiary/aromatic N) is 1. The van der Waals surface area contributed by atoms with Gasteiger partial charge in [0, 0.05) is 6.42 Å². The molecule has 1 saturated heterocycles. The van der Waals surface area contributed by atoms with Crippen molar-refractivity contribution in [2.24, 2.45) is 0 Å². The zero-order chi connectivity index (χ0) is 21.0. The minimum atomic E-state index is -1.27. The van der Waals surface area contributed by atoms with Gasteiger partial charge in [0.25, 0.3) is 0 Å². The summed E-state index contributed by atoms with van der Waals surface area (Å²) < 4.78 is 6.45. The topological polar surface area (TPSA) is 90.2 Å². The van der Waals surface area contributed by atoms with Gasteiger partial charge in [0.15, 0.2) is 0 Å². The number of aliphatic hydroxyl groups excluding tert-OH is 4. The molecule has 0 unspecified atom stereocenters. The van der Waals surface area contributed by atoms with E-state index in [0.29, 0.717) is 6.42 Å². The minimum Gasteiger partial charge on any atom is -0.394 e. The number of hydrogen-bond acceptors (Lipinski definition) is 5. The van der Waals surface area contributed by atoms with Gasteiger partial charge in [-0.05, 0) is 12.8 Å². The van der Waals surface area contributed by atoms with Crippen molar-refractivity contribution in [3.05, 3.63) is 0 Å². The molecule has 5 atom stereocenters. The molecule has 0 saturated carbocycles. The maximum atomic E-state index is 10.2. The molecule has 4 N–H and O–H groups in total. The van der Waals surface area contributed by atoms with Gasteiger partial charge in [-0.2, -0.15) is 0 Å². The molecule has 0 aromatic heterocycles. The van der Waals surface area contributed by atoms with E-state index in [-0.39, 0.29) is 6.61 Å². The molecule has 0 spiro atoms. The molecular weight excluding hydrogens is 358 g/mol. The summed E-state index contributed by atoms with van der Waals surface area (Å²) >= 11 is 0. The van der Waals surface area contributed by atoms with Crippen LogP contribution in [0, 0.1) is 0 Å². The molecule has 6 heteroatoms. The standard InChI is InChI=1S/C22H46NO5/c1-4-5-6-7-8-9-10-11-12-13-15-23(2,3)16-14-18-20(25)22(27)21(26)19(17-24)28-18/h18-22,24-27H,4-17H2,1-3H3/q+1/t18-,19+,20-,21+,22+/m0/s1. The van der Waals surface area contributed by atoms with Crippen molar-refractivity contribution in [2.75, 3.05) is 33.8 Å². The number of aliphatic hydroxyl groups is 4. The van der Waals surface area contributed by atoms with Crippen LogP contribution < -0.4 is 0 Å². The van der Waals surface area contributed by atoms with Crippen LogP contribution in [0.1, 0.15) is 77.6 Å². The number of quaternary nitrogens is 1. The molecule has 6 nitrogen and oxygen atoms in total. The second kappa shape index (κ2) is 13.9. The van der Waals surface area contributed by atoms with Crippen molar-refractivity contribution >= 4 is 0 Å². The lowest BCUT2D eigenvalue weighted by atomic mass is 9.93. The number of rotatable bonds is 15. The van der Waals surface area contributed by atoms with Gasteiger partial charge in [-0.1, -0.05) is 58.3 Å². The van der Waals surface area contributed by atoms with Crippen molar-refractivity contribution in [2.45, 2.75) is 108 Å². The average molecular weight is 405 g/mol. The fourth-order valence-corrected chi connectivity index (χ4v) is 4.03. The summed E-state index contributed by atoms with van der Waals surface area (Å²) in [5.74, 6) is 0. The van der Waals surface area contributed by atoms with Gasteiger partial charge in [-0.25, -0.2) is 0 Å². The second-order valence-corrected chi connectivity index (χ2v) is 9.22.